The zero-order valence-corrected chi connectivity index (χ0v) is 11.9. The third-order valence-corrected chi connectivity index (χ3v) is 4.79. The van der Waals surface area contributed by atoms with E-state index in [1.54, 1.807) is 0 Å². The van der Waals surface area contributed by atoms with Crippen LogP contribution >= 0.6 is 0 Å². The molecule has 1 saturated carbocycles. The lowest BCUT2D eigenvalue weighted by Gasteiger charge is -2.36. The molecule has 2 unspecified atom stereocenters. The Balaban J connectivity index is 1.53. The van der Waals surface area contributed by atoms with Gasteiger partial charge in [0.05, 0.1) is 6.33 Å². The molecule has 1 aliphatic carbocycles. The van der Waals surface area contributed by atoms with E-state index in [0.717, 1.165) is 51.6 Å². The van der Waals surface area contributed by atoms with Crippen LogP contribution in [0.3, 0.4) is 0 Å². The van der Waals surface area contributed by atoms with Crippen LogP contribution in [0, 0.1) is 5.92 Å². The van der Waals surface area contributed by atoms with Gasteiger partial charge in [-0.05, 0) is 32.1 Å². The van der Waals surface area contributed by atoms with Crippen molar-refractivity contribution >= 4 is 5.91 Å². The van der Waals surface area contributed by atoms with Crippen molar-refractivity contribution in [2.45, 2.75) is 50.6 Å². The number of rotatable bonds is 2. The van der Waals surface area contributed by atoms with Crippen molar-refractivity contribution in [1.82, 2.24) is 14.5 Å². The lowest BCUT2D eigenvalue weighted by Crippen LogP contribution is -2.44. The molecule has 0 spiro atoms. The van der Waals surface area contributed by atoms with E-state index in [2.05, 4.69) is 14.5 Å². The second-order valence-electron chi connectivity index (χ2n) is 6.19. The van der Waals surface area contributed by atoms with E-state index in [1.165, 1.54) is 0 Å². The van der Waals surface area contributed by atoms with Crippen LogP contribution in [0.1, 0.15) is 44.6 Å². The van der Waals surface area contributed by atoms with Crippen LogP contribution in [-0.4, -0.2) is 39.5 Å². The first-order valence-corrected chi connectivity index (χ1v) is 7.76. The average molecular weight is 276 g/mol. The molecule has 1 amide bonds. The molecule has 0 aromatic carbocycles. The summed E-state index contributed by atoms with van der Waals surface area (Å²) in [7, 11) is 0. The summed E-state index contributed by atoms with van der Waals surface area (Å²) in [6.45, 7) is 1.74. The van der Waals surface area contributed by atoms with Crippen molar-refractivity contribution in [3.05, 3.63) is 18.7 Å². The minimum Gasteiger partial charge on any atom is -0.342 e. The molecule has 2 N–H and O–H groups in total. The monoisotopic (exact) mass is 276 g/mol. The second kappa shape index (κ2) is 5.95. The number of hydrogen-bond donors (Lipinski definition) is 1. The van der Waals surface area contributed by atoms with Gasteiger partial charge in [0.1, 0.15) is 0 Å². The molecule has 1 saturated heterocycles. The van der Waals surface area contributed by atoms with Gasteiger partial charge < -0.3 is 15.2 Å². The van der Waals surface area contributed by atoms with E-state index in [0.29, 0.717) is 11.9 Å². The molecule has 110 valence electrons. The predicted octanol–water partition coefficient (Wildman–Crippen LogP) is 1.56. The van der Waals surface area contributed by atoms with E-state index >= 15 is 0 Å². The Labute approximate surface area is 120 Å². The molecular formula is C15H24N4O. The maximum atomic E-state index is 12.5. The van der Waals surface area contributed by atoms with Crippen molar-refractivity contribution in [3.63, 3.8) is 0 Å². The third-order valence-electron chi connectivity index (χ3n) is 4.79. The minimum absolute atomic E-state index is 0.170. The molecule has 20 heavy (non-hydrogen) atoms. The molecule has 0 radical (unpaired) electrons. The summed E-state index contributed by atoms with van der Waals surface area (Å²) in [4.78, 5) is 18.7. The van der Waals surface area contributed by atoms with Gasteiger partial charge in [0.2, 0.25) is 5.91 Å². The van der Waals surface area contributed by atoms with Gasteiger partial charge in [0.25, 0.3) is 0 Å². The fourth-order valence-corrected chi connectivity index (χ4v) is 3.58. The average Bonchev–Trinajstić information content (AvgIpc) is 3.01. The zero-order valence-electron chi connectivity index (χ0n) is 11.9. The van der Waals surface area contributed by atoms with Gasteiger partial charge in [-0.15, -0.1) is 0 Å². The Hall–Kier alpha value is -1.36. The number of carbonyl (C=O) groups is 1. The first-order chi connectivity index (χ1) is 9.74. The number of nitrogens with two attached hydrogens (primary N) is 1. The lowest BCUT2D eigenvalue weighted by molar-refractivity contribution is -0.138. The van der Waals surface area contributed by atoms with E-state index < -0.39 is 0 Å². The Bertz CT molecular complexity index is 437. The van der Waals surface area contributed by atoms with Crippen molar-refractivity contribution < 1.29 is 4.79 Å². The Morgan fingerprint density at radius 2 is 2.00 bits per heavy atom. The molecule has 1 aromatic rings. The van der Waals surface area contributed by atoms with E-state index in [-0.39, 0.29) is 12.0 Å². The Morgan fingerprint density at radius 1 is 1.20 bits per heavy atom. The summed E-state index contributed by atoms with van der Waals surface area (Å²) in [6.07, 6.45) is 11.8. The van der Waals surface area contributed by atoms with Crippen LogP contribution in [0.15, 0.2) is 18.7 Å². The highest BCUT2D eigenvalue weighted by Gasteiger charge is 2.31. The molecule has 3 rings (SSSR count). The number of carbonyl (C=O) groups excluding carboxylic acids is 1. The van der Waals surface area contributed by atoms with E-state index in [1.807, 2.05) is 18.7 Å². The normalized spacial score (nSPS) is 28.6. The molecule has 1 aromatic heterocycles. The quantitative estimate of drug-likeness (QED) is 0.891. The minimum atomic E-state index is 0.170. The molecular weight excluding hydrogens is 252 g/mol. The van der Waals surface area contributed by atoms with Crippen LogP contribution in [0.5, 0.6) is 0 Å². The highest BCUT2D eigenvalue weighted by molar-refractivity contribution is 5.79. The summed E-state index contributed by atoms with van der Waals surface area (Å²) < 4.78 is 2.17. The highest BCUT2D eigenvalue weighted by Crippen LogP contribution is 2.28. The fourth-order valence-electron chi connectivity index (χ4n) is 3.58. The lowest BCUT2D eigenvalue weighted by atomic mass is 9.85. The van der Waals surface area contributed by atoms with Gasteiger partial charge >= 0.3 is 0 Å². The molecule has 5 heteroatoms. The van der Waals surface area contributed by atoms with Gasteiger partial charge in [-0.3, -0.25) is 4.79 Å². The largest absolute Gasteiger partial charge is 0.342 e. The summed E-state index contributed by atoms with van der Waals surface area (Å²) in [6, 6.07) is 0.719. The third kappa shape index (κ3) is 2.87. The maximum absolute atomic E-state index is 12.5. The maximum Gasteiger partial charge on any atom is 0.225 e. The van der Waals surface area contributed by atoms with E-state index in [9.17, 15) is 4.79 Å². The Morgan fingerprint density at radius 3 is 2.65 bits per heavy atom. The molecule has 2 heterocycles. The van der Waals surface area contributed by atoms with Crippen molar-refractivity contribution in [2.24, 2.45) is 11.7 Å². The van der Waals surface area contributed by atoms with Crippen LogP contribution in [0.25, 0.3) is 0 Å². The van der Waals surface area contributed by atoms with Crippen molar-refractivity contribution in [3.8, 4) is 0 Å². The molecule has 5 nitrogen and oxygen atoms in total. The van der Waals surface area contributed by atoms with Crippen LogP contribution in [-0.2, 0) is 4.79 Å². The number of piperidine rings is 1. The number of aromatic nitrogens is 2. The van der Waals surface area contributed by atoms with Gasteiger partial charge in [-0.25, -0.2) is 4.98 Å². The smallest absolute Gasteiger partial charge is 0.225 e. The molecule has 0 bridgehead atoms. The molecule has 2 atom stereocenters. The summed E-state index contributed by atoms with van der Waals surface area (Å²) in [5.41, 5.74) is 6.00. The van der Waals surface area contributed by atoms with Gasteiger partial charge in [0.15, 0.2) is 0 Å². The SMILES string of the molecule is NC1CCCC(C(=O)N2CCC(n3ccnc3)CC2)C1. The molecule has 1 aliphatic heterocycles. The number of likely N-dealkylation sites (tertiary alicyclic amines) is 1. The highest BCUT2D eigenvalue weighted by atomic mass is 16.2. The van der Waals surface area contributed by atoms with Gasteiger partial charge in [-0.2, -0.15) is 0 Å². The first-order valence-electron chi connectivity index (χ1n) is 7.76. The molecule has 2 aliphatic rings. The van der Waals surface area contributed by atoms with Crippen molar-refractivity contribution in [1.29, 1.82) is 0 Å². The second-order valence-corrected chi connectivity index (χ2v) is 6.19. The van der Waals surface area contributed by atoms with Gasteiger partial charge in [-0.1, -0.05) is 6.42 Å². The fraction of sp³-hybridized carbons (Fsp3) is 0.733. The number of imidazole rings is 1. The summed E-state index contributed by atoms with van der Waals surface area (Å²) in [5.74, 6) is 0.507. The Kier molecular flexibility index (Phi) is 4.05. The van der Waals surface area contributed by atoms with Crippen LogP contribution < -0.4 is 5.73 Å². The van der Waals surface area contributed by atoms with Crippen LogP contribution in [0.2, 0.25) is 0 Å². The summed E-state index contributed by atoms with van der Waals surface area (Å²) >= 11 is 0. The number of nitrogens with zero attached hydrogens (tertiary/aromatic N) is 3. The zero-order chi connectivity index (χ0) is 13.9. The molecule has 2 fully saturated rings. The van der Waals surface area contributed by atoms with Crippen LogP contribution in [0.4, 0.5) is 0 Å². The predicted molar refractivity (Wildman–Crippen MR) is 77.0 cm³/mol. The summed E-state index contributed by atoms with van der Waals surface area (Å²) in [5, 5.41) is 0. The first kappa shape index (κ1) is 13.6. The number of hydrogen-bond acceptors (Lipinski definition) is 3. The standard InChI is InChI=1S/C15H24N4O/c16-13-3-1-2-12(10-13)15(20)18-7-4-14(5-8-18)19-9-6-17-11-19/h6,9,11-14H,1-5,7-8,10,16H2. The van der Waals surface area contributed by atoms with E-state index in [4.69, 9.17) is 5.73 Å². The van der Waals surface area contributed by atoms with Gasteiger partial charge in [0, 0.05) is 43.5 Å². The number of amides is 1. The van der Waals surface area contributed by atoms with Crippen molar-refractivity contribution in [2.75, 3.05) is 13.1 Å². The topological polar surface area (TPSA) is 64.2 Å².